The van der Waals surface area contributed by atoms with E-state index in [1.165, 1.54) is 6.42 Å². The zero-order chi connectivity index (χ0) is 14.8. The maximum atomic E-state index is 12.5. The van der Waals surface area contributed by atoms with E-state index < -0.39 is 10.2 Å². The normalized spacial score (nSPS) is 34.2. The number of nitrogens with zero attached hydrogens (tertiary/aromatic N) is 1. The predicted molar refractivity (Wildman–Crippen MR) is 81.4 cm³/mol. The van der Waals surface area contributed by atoms with Gasteiger partial charge in [0.1, 0.15) is 0 Å². The van der Waals surface area contributed by atoms with E-state index in [0.717, 1.165) is 25.7 Å². The minimum atomic E-state index is -3.33. The molecular weight excluding hydrogens is 274 g/mol. The lowest BCUT2D eigenvalue weighted by Gasteiger charge is -2.37. The molecule has 118 valence electrons. The maximum Gasteiger partial charge on any atom is 0.279 e. The zero-order valence-electron chi connectivity index (χ0n) is 12.7. The Kier molecular flexibility index (Phi) is 5.45. The summed E-state index contributed by atoms with van der Waals surface area (Å²) in [5.41, 5.74) is 5.66. The molecule has 0 aromatic rings. The van der Waals surface area contributed by atoms with Crippen molar-refractivity contribution in [3.8, 4) is 0 Å². The van der Waals surface area contributed by atoms with Gasteiger partial charge in [0.15, 0.2) is 0 Å². The molecule has 5 nitrogen and oxygen atoms in total. The van der Waals surface area contributed by atoms with E-state index in [2.05, 4.69) is 18.6 Å². The molecule has 6 heteroatoms. The summed E-state index contributed by atoms with van der Waals surface area (Å²) in [4.78, 5) is 0. The first-order valence-electron chi connectivity index (χ1n) is 7.91. The summed E-state index contributed by atoms with van der Waals surface area (Å²) in [6, 6.07) is 0.0935. The van der Waals surface area contributed by atoms with Crippen LogP contribution in [-0.4, -0.2) is 38.4 Å². The average molecular weight is 303 g/mol. The van der Waals surface area contributed by atoms with E-state index in [1.807, 2.05) is 0 Å². The van der Waals surface area contributed by atoms with E-state index in [1.54, 1.807) is 4.31 Å². The first-order valence-corrected chi connectivity index (χ1v) is 9.35. The Morgan fingerprint density at radius 2 is 1.80 bits per heavy atom. The molecule has 0 amide bonds. The number of hydrogen-bond donors (Lipinski definition) is 2. The number of hydrogen-bond acceptors (Lipinski definition) is 3. The van der Waals surface area contributed by atoms with Gasteiger partial charge in [-0.3, -0.25) is 0 Å². The molecule has 2 fully saturated rings. The van der Waals surface area contributed by atoms with Gasteiger partial charge in [0.05, 0.1) is 0 Å². The summed E-state index contributed by atoms with van der Waals surface area (Å²) in [5, 5.41) is 0. The summed E-state index contributed by atoms with van der Waals surface area (Å²) in [6.07, 6.45) is 5.06. The molecule has 1 aliphatic heterocycles. The van der Waals surface area contributed by atoms with Crippen LogP contribution >= 0.6 is 0 Å². The minimum absolute atomic E-state index is 0.0935. The Morgan fingerprint density at radius 3 is 2.40 bits per heavy atom. The molecule has 0 aromatic heterocycles. The van der Waals surface area contributed by atoms with Crippen molar-refractivity contribution in [1.82, 2.24) is 9.03 Å². The van der Waals surface area contributed by atoms with Gasteiger partial charge < -0.3 is 5.73 Å². The Balaban J connectivity index is 1.94. The number of nitrogens with one attached hydrogen (secondary N) is 1. The van der Waals surface area contributed by atoms with Crippen LogP contribution in [0.15, 0.2) is 0 Å². The summed E-state index contributed by atoms with van der Waals surface area (Å²) in [7, 11) is -3.33. The summed E-state index contributed by atoms with van der Waals surface area (Å²) >= 11 is 0. The van der Waals surface area contributed by atoms with Crippen LogP contribution in [0.25, 0.3) is 0 Å². The van der Waals surface area contributed by atoms with E-state index in [0.29, 0.717) is 37.4 Å². The van der Waals surface area contributed by atoms with Crippen molar-refractivity contribution in [2.75, 3.05) is 19.6 Å². The average Bonchev–Trinajstić information content (AvgIpc) is 2.44. The standard InChI is InChI=1S/C14H29N3O2S/c1-11-4-3-5-14(12(11)2)16-20(18,19)17-8-6-13(10-15)7-9-17/h11-14,16H,3-10,15H2,1-2H3. The lowest BCUT2D eigenvalue weighted by atomic mass is 9.78. The summed E-state index contributed by atoms with van der Waals surface area (Å²) in [6.45, 7) is 6.26. The topological polar surface area (TPSA) is 75.4 Å². The third-order valence-electron chi connectivity index (χ3n) is 5.25. The number of nitrogens with two attached hydrogens (primary N) is 1. The second kappa shape index (κ2) is 6.73. The number of piperidine rings is 1. The van der Waals surface area contributed by atoms with E-state index in [4.69, 9.17) is 5.73 Å². The van der Waals surface area contributed by atoms with E-state index in [-0.39, 0.29) is 6.04 Å². The summed E-state index contributed by atoms with van der Waals surface area (Å²) in [5.74, 6) is 1.50. The molecule has 0 spiro atoms. The van der Waals surface area contributed by atoms with Crippen LogP contribution in [0.1, 0.15) is 46.0 Å². The highest BCUT2D eigenvalue weighted by Crippen LogP contribution is 2.30. The van der Waals surface area contributed by atoms with E-state index in [9.17, 15) is 8.42 Å². The molecule has 3 N–H and O–H groups in total. The second-order valence-corrected chi connectivity index (χ2v) is 8.28. The van der Waals surface area contributed by atoms with Crippen LogP contribution in [0.4, 0.5) is 0 Å². The molecule has 1 aliphatic carbocycles. The molecule has 0 aromatic carbocycles. The fourth-order valence-corrected chi connectivity index (χ4v) is 4.96. The molecule has 1 heterocycles. The summed E-state index contributed by atoms with van der Waals surface area (Å²) < 4.78 is 29.5. The molecule has 0 radical (unpaired) electrons. The van der Waals surface area contributed by atoms with Crippen molar-refractivity contribution >= 4 is 10.2 Å². The molecule has 1 saturated heterocycles. The largest absolute Gasteiger partial charge is 0.330 e. The van der Waals surface area contributed by atoms with Gasteiger partial charge in [-0.2, -0.15) is 17.4 Å². The molecule has 0 bridgehead atoms. The van der Waals surface area contributed by atoms with Crippen molar-refractivity contribution < 1.29 is 8.42 Å². The van der Waals surface area contributed by atoms with Crippen molar-refractivity contribution in [3.63, 3.8) is 0 Å². The smallest absolute Gasteiger partial charge is 0.279 e. The van der Waals surface area contributed by atoms with E-state index >= 15 is 0 Å². The van der Waals surface area contributed by atoms with Crippen LogP contribution in [0, 0.1) is 17.8 Å². The van der Waals surface area contributed by atoms with Gasteiger partial charge in [0, 0.05) is 19.1 Å². The first kappa shape index (κ1) is 16.2. The SMILES string of the molecule is CC1CCCC(NS(=O)(=O)N2CCC(CN)CC2)C1C. The third-order valence-corrected chi connectivity index (χ3v) is 6.90. The van der Waals surface area contributed by atoms with Crippen LogP contribution in [0.5, 0.6) is 0 Å². The quantitative estimate of drug-likeness (QED) is 0.822. The van der Waals surface area contributed by atoms with Crippen LogP contribution in [0.3, 0.4) is 0 Å². The van der Waals surface area contributed by atoms with Gasteiger partial charge in [0.25, 0.3) is 10.2 Å². The highest BCUT2D eigenvalue weighted by atomic mass is 32.2. The molecule has 20 heavy (non-hydrogen) atoms. The third kappa shape index (κ3) is 3.72. The molecule has 3 unspecified atom stereocenters. The van der Waals surface area contributed by atoms with Crippen LogP contribution in [0.2, 0.25) is 0 Å². The van der Waals surface area contributed by atoms with Gasteiger partial charge in [-0.1, -0.05) is 26.7 Å². The Hall–Kier alpha value is -0.170. The van der Waals surface area contributed by atoms with Crippen molar-refractivity contribution in [3.05, 3.63) is 0 Å². The van der Waals surface area contributed by atoms with Crippen LogP contribution in [-0.2, 0) is 10.2 Å². The Morgan fingerprint density at radius 1 is 1.15 bits per heavy atom. The monoisotopic (exact) mass is 303 g/mol. The van der Waals surface area contributed by atoms with Gasteiger partial charge in [0.2, 0.25) is 0 Å². The molecule has 3 atom stereocenters. The Labute approximate surface area is 123 Å². The highest BCUT2D eigenvalue weighted by Gasteiger charge is 2.34. The van der Waals surface area contributed by atoms with Crippen molar-refractivity contribution in [2.45, 2.75) is 52.0 Å². The second-order valence-electron chi connectivity index (χ2n) is 6.57. The minimum Gasteiger partial charge on any atom is -0.330 e. The number of rotatable bonds is 4. The van der Waals surface area contributed by atoms with Crippen molar-refractivity contribution in [2.24, 2.45) is 23.5 Å². The lowest BCUT2D eigenvalue weighted by molar-refractivity contribution is 0.219. The molecule has 2 aliphatic rings. The fourth-order valence-electron chi connectivity index (χ4n) is 3.40. The maximum absolute atomic E-state index is 12.5. The first-order chi connectivity index (χ1) is 9.44. The highest BCUT2D eigenvalue weighted by molar-refractivity contribution is 7.87. The lowest BCUT2D eigenvalue weighted by Crippen LogP contribution is -2.51. The van der Waals surface area contributed by atoms with Crippen LogP contribution < -0.4 is 10.5 Å². The molecule has 1 saturated carbocycles. The fraction of sp³-hybridized carbons (Fsp3) is 1.00. The van der Waals surface area contributed by atoms with Crippen molar-refractivity contribution in [1.29, 1.82) is 0 Å². The van der Waals surface area contributed by atoms with Gasteiger partial charge in [-0.25, -0.2) is 0 Å². The predicted octanol–water partition coefficient (Wildman–Crippen LogP) is 1.32. The molecule has 2 rings (SSSR count). The zero-order valence-corrected chi connectivity index (χ0v) is 13.5. The van der Waals surface area contributed by atoms with Gasteiger partial charge in [-0.05, 0) is 43.6 Å². The van der Waals surface area contributed by atoms with Gasteiger partial charge >= 0.3 is 0 Å². The van der Waals surface area contributed by atoms with Gasteiger partial charge in [-0.15, -0.1) is 0 Å². The Bertz CT molecular complexity index is 405. The molecular formula is C14H29N3O2S.